The van der Waals surface area contributed by atoms with Crippen LogP contribution in [0.2, 0.25) is 5.02 Å². The van der Waals surface area contributed by atoms with E-state index in [2.05, 4.69) is 15.5 Å². The first-order valence-corrected chi connectivity index (χ1v) is 12.3. The van der Waals surface area contributed by atoms with Gasteiger partial charge in [-0.05, 0) is 37.3 Å². The lowest BCUT2D eigenvalue weighted by molar-refractivity contribution is -0.113. The number of nitrogens with one attached hydrogen (secondary N) is 1. The molecule has 2 aromatic carbocycles. The third kappa shape index (κ3) is 5.78. The second-order valence-electron chi connectivity index (χ2n) is 6.40. The summed E-state index contributed by atoms with van der Waals surface area (Å²) in [4.78, 5) is 12.6. The van der Waals surface area contributed by atoms with Crippen molar-refractivity contribution in [2.45, 2.75) is 29.3 Å². The monoisotopic (exact) mass is 480 g/mol. The van der Waals surface area contributed by atoms with Crippen LogP contribution in [-0.4, -0.2) is 42.0 Å². The molecule has 11 heteroatoms. The fourth-order valence-corrected chi connectivity index (χ4v) is 5.11. The smallest absolute Gasteiger partial charge is 0.234 e. The van der Waals surface area contributed by atoms with Crippen LogP contribution < -0.4 is 10.1 Å². The maximum Gasteiger partial charge on any atom is 0.234 e. The molecular weight excluding hydrogens is 460 g/mol. The number of aromatic nitrogens is 3. The van der Waals surface area contributed by atoms with E-state index < -0.39 is 9.84 Å². The van der Waals surface area contributed by atoms with Gasteiger partial charge < -0.3 is 14.6 Å². The van der Waals surface area contributed by atoms with Crippen LogP contribution in [0, 0.1) is 0 Å². The van der Waals surface area contributed by atoms with Crippen LogP contribution in [0.3, 0.4) is 0 Å². The Morgan fingerprint density at radius 2 is 1.94 bits per heavy atom. The number of halogens is 1. The lowest BCUT2D eigenvalue weighted by atomic mass is 10.3. The van der Waals surface area contributed by atoms with Crippen molar-refractivity contribution in [3.8, 4) is 5.75 Å². The van der Waals surface area contributed by atoms with E-state index in [9.17, 15) is 13.2 Å². The number of amides is 1. The maximum absolute atomic E-state index is 12.7. The number of ether oxygens (including phenoxy) is 1. The topological polar surface area (TPSA) is 103 Å². The lowest BCUT2D eigenvalue weighted by Crippen LogP contribution is -2.15. The maximum atomic E-state index is 12.7. The quantitative estimate of drug-likeness (QED) is 0.466. The number of thioether (sulfide) groups is 1. The normalized spacial score (nSPS) is 11.3. The van der Waals surface area contributed by atoms with E-state index in [-0.39, 0.29) is 22.3 Å². The van der Waals surface area contributed by atoms with Gasteiger partial charge in [0.15, 0.2) is 15.0 Å². The van der Waals surface area contributed by atoms with E-state index in [0.29, 0.717) is 34.0 Å². The van der Waals surface area contributed by atoms with Crippen molar-refractivity contribution in [2.24, 2.45) is 0 Å². The van der Waals surface area contributed by atoms with E-state index in [1.807, 2.05) is 6.92 Å². The first-order chi connectivity index (χ1) is 14.8. The fraction of sp³-hybridized carbons (Fsp3) is 0.250. The van der Waals surface area contributed by atoms with Crippen molar-refractivity contribution in [1.29, 1.82) is 0 Å². The molecule has 0 bridgehead atoms. The summed E-state index contributed by atoms with van der Waals surface area (Å²) in [5, 5.41) is 11.8. The third-order valence-corrected chi connectivity index (χ3v) is 7.13. The summed E-state index contributed by atoms with van der Waals surface area (Å²) in [6, 6.07) is 13.1. The minimum Gasteiger partial charge on any atom is -0.495 e. The molecule has 164 valence electrons. The molecule has 31 heavy (non-hydrogen) atoms. The minimum absolute atomic E-state index is 0.0548. The average Bonchev–Trinajstić information content (AvgIpc) is 3.13. The highest BCUT2D eigenvalue weighted by molar-refractivity contribution is 7.99. The molecule has 1 heterocycles. The molecule has 3 rings (SSSR count). The zero-order chi connectivity index (χ0) is 22.4. The highest BCUT2D eigenvalue weighted by Gasteiger charge is 2.21. The van der Waals surface area contributed by atoms with Gasteiger partial charge in [-0.2, -0.15) is 0 Å². The zero-order valence-corrected chi connectivity index (χ0v) is 19.3. The lowest BCUT2D eigenvalue weighted by Gasteiger charge is -2.11. The molecule has 0 spiro atoms. The Hall–Kier alpha value is -2.56. The molecule has 0 aliphatic heterocycles. The van der Waals surface area contributed by atoms with E-state index in [1.165, 1.54) is 18.9 Å². The van der Waals surface area contributed by atoms with E-state index in [4.69, 9.17) is 16.3 Å². The summed E-state index contributed by atoms with van der Waals surface area (Å²) >= 11 is 7.15. The van der Waals surface area contributed by atoms with Crippen molar-refractivity contribution in [2.75, 3.05) is 18.2 Å². The standard InChI is InChI=1S/C20H21ClN4O4S2/c1-3-25-18(13-31(27,28)15-7-5-4-6-8-15)23-24-20(25)30-12-19(26)22-16-11-14(21)9-10-17(16)29-2/h4-11H,3,12-13H2,1-2H3,(H,22,26). The minimum atomic E-state index is -3.55. The van der Waals surface area contributed by atoms with Gasteiger partial charge in [0.05, 0.1) is 23.4 Å². The molecule has 0 radical (unpaired) electrons. The Bertz CT molecular complexity index is 1170. The Morgan fingerprint density at radius 1 is 1.19 bits per heavy atom. The van der Waals surface area contributed by atoms with Gasteiger partial charge in [-0.15, -0.1) is 10.2 Å². The first-order valence-electron chi connectivity index (χ1n) is 9.30. The summed E-state index contributed by atoms with van der Waals surface area (Å²) in [6.45, 7) is 2.33. The summed E-state index contributed by atoms with van der Waals surface area (Å²) < 4.78 is 32.2. The predicted molar refractivity (Wildman–Crippen MR) is 120 cm³/mol. The summed E-state index contributed by atoms with van der Waals surface area (Å²) in [5.74, 6) is 0.317. The highest BCUT2D eigenvalue weighted by atomic mass is 35.5. The van der Waals surface area contributed by atoms with Gasteiger partial charge in [-0.1, -0.05) is 41.6 Å². The van der Waals surface area contributed by atoms with Crippen LogP contribution in [-0.2, 0) is 26.9 Å². The molecule has 0 aliphatic rings. The molecule has 3 aromatic rings. The van der Waals surface area contributed by atoms with Crippen LogP contribution >= 0.6 is 23.4 Å². The van der Waals surface area contributed by atoms with E-state index in [1.54, 1.807) is 53.1 Å². The van der Waals surface area contributed by atoms with Crippen LogP contribution in [0.5, 0.6) is 5.75 Å². The van der Waals surface area contributed by atoms with Crippen molar-refractivity contribution < 1.29 is 17.9 Å². The number of sulfone groups is 1. The number of carbonyl (C=O) groups is 1. The first kappa shape index (κ1) is 23.1. The van der Waals surface area contributed by atoms with Gasteiger partial charge in [0.25, 0.3) is 0 Å². The Kier molecular flexibility index (Phi) is 7.58. The number of hydrogen-bond acceptors (Lipinski definition) is 7. The number of benzene rings is 2. The van der Waals surface area contributed by atoms with Crippen LogP contribution in [0.1, 0.15) is 12.7 Å². The molecule has 0 atom stereocenters. The number of methoxy groups -OCH3 is 1. The SMILES string of the molecule is CCn1c(CS(=O)(=O)c2ccccc2)nnc1SCC(=O)Nc1cc(Cl)ccc1OC. The second-order valence-corrected chi connectivity index (χ2v) is 9.77. The fourth-order valence-electron chi connectivity index (χ4n) is 2.83. The number of anilines is 1. The number of nitrogens with zero attached hydrogens (tertiary/aromatic N) is 3. The van der Waals surface area contributed by atoms with E-state index >= 15 is 0 Å². The molecule has 0 saturated heterocycles. The van der Waals surface area contributed by atoms with Crippen molar-refractivity contribution in [1.82, 2.24) is 14.8 Å². The molecule has 0 aliphatic carbocycles. The number of hydrogen-bond donors (Lipinski definition) is 1. The molecule has 0 unspecified atom stereocenters. The van der Waals surface area contributed by atoms with Crippen molar-refractivity contribution in [3.63, 3.8) is 0 Å². The third-order valence-electron chi connectivity index (χ3n) is 4.30. The summed E-state index contributed by atoms with van der Waals surface area (Å²) in [5.41, 5.74) is 0.465. The molecule has 0 fully saturated rings. The second kappa shape index (κ2) is 10.2. The molecule has 1 amide bonds. The molecule has 8 nitrogen and oxygen atoms in total. The van der Waals surface area contributed by atoms with Gasteiger partial charge in [-0.3, -0.25) is 4.79 Å². The largest absolute Gasteiger partial charge is 0.495 e. The summed E-state index contributed by atoms with van der Waals surface area (Å²) in [7, 11) is -2.05. The van der Waals surface area contributed by atoms with Gasteiger partial charge in [0.1, 0.15) is 17.3 Å². The highest BCUT2D eigenvalue weighted by Crippen LogP contribution is 2.28. The predicted octanol–water partition coefficient (Wildman–Crippen LogP) is 3.66. The Morgan fingerprint density at radius 3 is 2.61 bits per heavy atom. The average molecular weight is 481 g/mol. The van der Waals surface area contributed by atoms with Gasteiger partial charge in [-0.25, -0.2) is 8.42 Å². The van der Waals surface area contributed by atoms with Crippen LogP contribution in [0.4, 0.5) is 5.69 Å². The Balaban J connectivity index is 1.69. The Labute approximate surface area is 189 Å². The summed E-state index contributed by atoms with van der Waals surface area (Å²) in [6.07, 6.45) is 0. The molecule has 0 saturated carbocycles. The van der Waals surface area contributed by atoms with Gasteiger partial charge in [0.2, 0.25) is 5.91 Å². The van der Waals surface area contributed by atoms with Crippen LogP contribution in [0.25, 0.3) is 0 Å². The molecule has 1 N–H and O–H groups in total. The van der Waals surface area contributed by atoms with Gasteiger partial charge >= 0.3 is 0 Å². The van der Waals surface area contributed by atoms with Gasteiger partial charge in [0, 0.05) is 11.6 Å². The van der Waals surface area contributed by atoms with Crippen molar-refractivity contribution in [3.05, 3.63) is 59.4 Å². The zero-order valence-electron chi connectivity index (χ0n) is 16.9. The molecule has 1 aromatic heterocycles. The van der Waals surface area contributed by atoms with Crippen molar-refractivity contribution >= 4 is 44.8 Å². The number of rotatable bonds is 9. The van der Waals surface area contributed by atoms with Crippen LogP contribution in [0.15, 0.2) is 58.6 Å². The van der Waals surface area contributed by atoms with E-state index in [0.717, 1.165) is 0 Å². The number of carbonyl (C=O) groups excluding carboxylic acids is 1. The molecular formula is C20H21ClN4O4S2.